The summed E-state index contributed by atoms with van der Waals surface area (Å²) >= 11 is 6.21. The van der Waals surface area contributed by atoms with E-state index >= 15 is 4.39 Å². The first-order valence-corrected chi connectivity index (χ1v) is 16.4. The Hall–Kier alpha value is -2.84. The number of alkyl halides is 2. The Bertz CT molecular complexity index is 1580. The molecule has 1 aliphatic carbocycles. The van der Waals surface area contributed by atoms with Gasteiger partial charge in [-0.2, -0.15) is 13.8 Å². The molecular formula is C31H39ClF3N9O. The van der Waals surface area contributed by atoms with Gasteiger partial charge in [0.2, 0.25) is 0 Å². The molecule has 4 unspecified atom stereocenters. The van der Waals surface area contributed by atoms with Crippen molar-refractivity contribution >= 4 is 11.6 Å². The predicted molar refractivity (Wildman–Crippen MR) is 164 cm³/mol. The van der Waals surface area contributed by atoms with Crippen LogP contribution in [0.15, 0.2) is 35.5 Å². The van der Waals surface area contributed by atoms with Gasteiger partial charge in [0, 0.05) is 36.7 Å². The third kappa shape index (κ3) is 6.17. The van der Waals surface area contributed by atoms with E-state index in [1.807, 2.05) is 0 Å². The summed E-state index contributed by atoms with van der Waals surface area (Å²) in [6, 6.07) is 3.67. The van der Waals surface area contributed by atoms with Gasteiger partial charge in [-0.05, 0) is 75.6 Å². The molecule has 4 aliphatic rings. The molecule has 1 saturated carbocycles. The van der Waals surface area contributed by atoms with Gasteiger partial charge in [0.05, 0.1) is 46.2 Å². The summed E-state index contributed by atoms with van der Waals surface area (Å²) in [6.07, 6.45) is 9.34. The second kappa shape index (κ2) is 12.7. The Morgan fingerprint density at radius 2 is 1.91 bits per heavy atom. The average Bonchev–Trinajstić information content (AvgIpc) is 3.59. The molecule has 0 radical (unpaired) electrons. The maximum absolute atomic E-state index is 15.6. The standard InChI is InChI=1S/C31H39ClF3N9O/c1-17-3-2-4-25(21-11-19(9-10-36-21)30-23(37-13-17)14-39-44(30)31(34)35)42-16-38-22(12-27(42)45)28-26(8-7-20(32)29(28)33)43-15-24(40-41-43)18-5-6-18/h7-8,12,15-19,21,23,25,30-31,36-37,39H,2-6,9-11,13-14H2,1H3/t17-,19?,21?,23?,25+,30?/m1/s1. The van der Waals surface area contributed by atoms with Crippen LogP contribution in [0.1, 0.15) is 69.5 Å². The monoisotopic (exact) mass is 645 g/mol. The lowest BCUT2D eigenvalue weighted by Gasteiger charge is -2.42. The van der Waals surface area contributed by atoms with Gasteiger partial charge in [0.25, 0.3) is 5.56 Å². The molecule has 1 aromatic carbocycles. The highest BCUT2D eigenvalue weighted by Gasteiger charge is 2.45. The number of piperidine rings is 1. The van der Waals surface area contributed by atoms with Crippen LogP contribution in [-0.4, -0.2) is 73.9 Å². The zero-order chi connectivity index (χ0) is 31.2. The van der Waals surface area contributed by atoms with E-state index in [-0.39, 0.29) is 51.9 Å². The number of aromatic nitrogens is 5. The quantitative estimate of drug-likeness (QED) is 0.354. The lowest BCUT2D eigenvalue weighted by Crippen LogP contribution is -2.56. The van der Waals surface area contributed by atoms with Crippen LogP contribution in [-0.2, 0) is 0 Å². The molecule has 7 rings (SSSR count). The predicted octanol–water partition coefficient (Wildman–Crippen LogP) is 4.26. The van der Waals surface area contributed by atoms with Crippen molar-refractivity contribution < 1.29 is 13.2 Å². The van der Waals surface area contributed by atoms with Crippen LogP contribution < -0.4 is 21.6 Å². The fraction of sp³-hybridized carbons (Fsp3) is 0.613. The fourth-order valence-electron chi connectivity index (χ4n) is 7.55. The highest BCUT2D eigenvalue weighted by molar-refractivity contribution is 6.31. The molecule has 6 atom stereocenters. The molecule has 14 heteroatoms. The first kappa shape index (κ1) is 30.8. The van der Waals surface area contributed by atoms with E-state index in [0.717, 1.165) is 55.8 Å². The molecule has 4 fully saturated rings. The van der Waals surface area contributed by atoms with Crippen molar-refractivity contribution in [3.05, 3.63) is 57.6 Å². The number of hydrogen-bond acceptors (Lipinski definition) is 8. The van der Waals surface area contributed by atoms with Crippen LogP contribution >= 0.6 is 11.6 Å². The van der Waals surface area contributed by atoms with Crippen LogP contribution in [0, 0.1) is 17.7 Å². The molecule has 3 aliphatic heterocycles. The third-order valence-corrected chi connectivity index (χ3v) is 10.4. The van der Waals surface area contributed by atoms with Gasteiger partial charge < -0.3 is 10.6 Å². The second-order valence-corrected chi connectivity index (χ2v) is 13.5. The lowest BCUT2D eigenvalue weighted by atomic mass is 9.79. The fourth-order valence-corrected chi connectivity index (χ4v) is 7.71. The molecule has 5 heterocycles. The minimum Gasteiger partial charge on any atom is -0.312 e. The second-order valence-electron chi connectivity index (χ2n) is 13.1. The maximum Gasteiger partial charge on any atom is 0.307 e. The smallest absolute Gasteiger partial charge is 0.307 e. The molecule has 10 nitrogen and oxygen atoms in total. The first-order valence-electron chi connectivity index (χ1n) is 16.0. The summed E-state index contributed by atoms with van der Waals surface area (Å²) in [4.78, 5) is 18.5. The largest absolute Gasteiger partial charge is 0.312 e. The molecule has 0 amide bonds. The van der Waals surface area contributed by atoms with Gasteiger partial charge >= 0.3 is 6.55 Å². The number of nitrogens with zero attached hydrogens (tertiary/aromatic N) is 6. The highest BCUT2D eigenvalue weighted by Crippen LogP contribution is 2.40. The summed E-state index contributed by atoms with van der Waals surface area (Å²) in [5, 5.41) is 16.7. The van der Waals surface area contributed by atoms with E-state index in [9.17, 15) is 13.6 Å². The van der Waals surface area contributed by atoms with E-state index in [1.165, 1.54) is 23.1 Å². The summed E-state index contributed by atoms with van der Waals surface area (Å²) in [5.41, 5.74) is 4.11. The van der Waals surface area contributed by atoms with E-state index in [1.54, 1.807) is 16.8 Å². The molecule has 3 aromatic rings. The normalized spacial score (nSPS) is 29.7. The number of fused-ring (bicyclic) bond motifs is 4. The molecular weight excluding hydrogens is 607 g/mol. The number of hydrogen-bond donors (Lipinski definition) is 3. The van der Waals surface area contributed by atoms with Gasteiger partial charge in [-0.15, -0.1) is 5.10 Å². The van der Waals surface area contributed by atoms with Crippen LogP contribution in [0.3, 0.4) is 0 Å². The zero-order valence-electron chi connectivity index (χ0n) is 25.2. The van der Waals surface area contributed by atoms with Crippen molar-refractivity contribution in [2.75, 3.05) is 19.6 Å². The summed E-state index contributed by atoms with van der Waals surface area (Å²) in [5.74, 6) is 0.0341. The minimum atomic E-state index is -2.61. The summed E-state index contributed by atoms with van der Waals surface area (Å²) in [7, 11) is 0. The van der Waals surface area contributed by atoms with Gasteiger partial charge in [-0.25, -0.2) is 19.5 Å². The molecule has 242 valence electrons. The number of halogens is 4. The number of nitrogens with one attached hydrogen (secondary N) is 3. The van der Waals surface area contributed by atoms with Crippen molar-refractivity contribution in [3.8, 4) is 16.9 Å². The highest BCUT2D eigenvalue weighted by atomic mass is 35.5. The van der Waals surface area contributed by atoms with Crippen molar-refractivity contribution in [3.63, 3.8) is 0 Å². The molecule has 0 spiro atoms. The van der Waals surface area contributed by atoms with Crippen LogP contribution in [0.5, 0.6) is 0 Å². The Morgan fingerprint density at radius 3 is 2.69 bits per heavy atom. The number of benzene rings is 1. The Kier molecular flexibility index (Phi) is 8.72. The van der Waals surface area contributed by atoms with E-state index in [4.69, 9.17) is 11.6 Å². The number of hydrazine groups is 1. The van der Waals surface area contributed by atoms with Gasteiger partial charge in [0.1, 0.15) is 0 Å². The van der Waals surface area contributed by atoms with E-state index < -0.39 is 12.4 Å². The molecule has 2 aromatic heterocycles. The first-order chi connectivity index (χ1) is 21.8. The molecule has 45 heavy (non-hydrogen) atoms. The Balaban J connectivity index is 1.22. The summed E-state index contributed by atoms with van der Waals surface area (Å²) in [6.45, 7) is 1.43. The van der Waals surface area contributed by atoms with Crippen LogP contribution in [0.25, 0.3) is 16.9 Å². The van der Waals surface area contributed by atoms with Crippen molar-refractivity contribution in [1.82, 2.24) is 45.6 Å². The molecule has 3 N–H and O–H groups in total. The molecule has 3 saturated heterocycles. The van der Waals surface area contributed by atoms with Crippen molar-refractivity contribution in [2.45, 2.75) is 88.5 Å². The van der Waals surface area contributed by atoms with Gasteiger partial charge in [-0.3, -0.25) is 9.36 Å². The SMILES string of the molecule is C[C@@H]1CCC[C@H](n2cnc(-c3c(-n4cc(C5CC5)nn4)ccc(Cl)c3F)cc2=O)C2CC(CCN2)C2C(CNN2C(F)F)NC1. The minimum absolute atomic E-state index is 0.00393. The van der Waals surface area contributed by atoms with Crippen molar-refractivity contribution in [2.24, 2.45) is 11.8 Å². The maximum atomic E-state index is 15.6. The van der Waals surface area contributed by atoms with Crippen LogP contribution in [0.4, 0.5) is 13.2 Å². The average molecular weight is 646 g/mol. The Labute approximate surface area is 264 Å². The Morgan fingerprint density at radius 1 is 1.07 bits per heavy atom. The molecule has 2 bridgehead atoms. The topological polar surface area (TPSA) is 105 Å². The third-order valence-electron chi connectivity index (χ3n) is 10.1. The summed E-state index contributed by atoms with van der Waals surface area (Å²) < 4.78 is 47.0. The van der Waals surface area contributed by atoms with Crippen molar-refractivity contribution in [1.29, 1.82) is 0 Å². The van der Waals surface area contributed by atoms with Gasteiger partial charge in [0.15, 0.2) is 5.82 Å². The lowest BCUT2D eigenvalue weighted by molar-refractivity contribution is -0.0841. The van der Waals surface area contributed by atoms with Crippen LogP contribution in [0.2, 0.25) is 5.02 Å². The van der Waals surface area contributed by atoms with Gasteiger partial charge in [-0.1, -0.05) is 30.2 Å². The zero-order valence-corrected chi connectivity index (χ0v) is 25.9. The number of rotatable bonds is 5. The van der Waals surface area contributed by atoms with E-state index in [0.29, 0.717) is 37.0 Å². The van der Waals surface area contributed by atoms with E-state index in [2.05, 4.69) is 38.3 Å².